The van der Waals surface area contributed by atoms with Gasteiger partial charge in [0.15, 0.2) is 0 Å². The topological polar surface area (TPSA) is 104 Å². The summed E-state index contributed by atoms with van der Waals surface area (Å²) in [6, 6.07) is 3.78. The fourth-order valence-corrected chi connectivity index (χ4v) is 2.10. The van der Waals surface area contributed by atoms with Gasteiger partial charge < -0.3 is 15.5 Å². The van der Waals surface area contributed by atoms with E-state index in [1.54, 1.807) is 0 Å². The van der Waals surface area contributed by atoms with Gasteiger partial charge in [0.25, 0.3) is 11.7 Å². The van der Waals surface area contributed by atoms with Gasteiger partial charge in [-0.05, 0) is 12.1 Å². The Morgan fingerprint density at radius 1 is 1.19 bits per heavy atom. The molecular weight excluding hydrogens is 308 g/mol. The summed E-state index contributed by atoms with van der Waals surface area (Å²) in [5, 5.41) is 19.4. The van der Waals surface area contributed by atoms with E-state index in [0.717, 1.165) is 0 Å². The molecule has 0 aliphatic rings. The molecule has 9 heteroatoms. The van der Waals surface area contributed by atoms with Gasteiger partial charge in [-0.1, -0.05) is 23.9 Å². The average Bonchev–Trinajstić information content (AvgIpc) is 2.37. The molecule has 0 aliphatic carbocycles. The van der Waals surface area contributed by atoms with E-state index in [4.69, 9.17) is 10.2 Å². The third-order valence-corrected chi connectivity index (χ3v) is 3.12. The molecule has 114 valence electrons. The standard InChI is InChI=1S/C12H11F2NO5S/c13-12(14)21-8-4-2-1-3-6(8)10(18)15-7(11(19)20)5-9(16)17/h1-4,7,12H,5H2,(H,15,18)(H,16,17)(H,19,20). The van der Waals surface area contributed by atoms with Gasteiger partial charge in [0.2, 0.25) is 0 Å². The van der Waals surface area contributed by atoms with E-state index in [1.165, 1.54) is 24.3 Å². The van der Waals surface area contributed by atoms with Crippen molar-refractivity contribution in [3.05, 3.63) is 29.8 Å². The van der Waals surface area contributed by atoms with Gasteiger partial charge in [0.05, 0.1) is 12.0 Å². The van der Waals surface area contributed by atoms with Crippen molar-refractivity contribution in [1.82, 2.24) is 5.32 Å². The Labute approximate surface area is 122 Å². The molecule has 0 fully saturated rings. The molecule has 1 rings (SSSR count). The number of carbonyl (C=O) groups excluding carboxylic acids is 1. The first-order valence-electron chi connectivity index (χ1n) is 5.60. The fourth-order valence-electron chi connectivity index (χ4n) is 1.46. The molecular formula is C12H11F2NO5S. The maximum Gasteiger partial charge on any atom is 0.326 e. The first-order valence-corrected chi connectivity index (χ1v) is 6.48. The van der Waals surface area contributed by atoms with Crippen LogP contribution in [0.3, 0.4) is 0 Å². The van der Waals surface area contributed by atoms with Crippen LogP contribution in [0.4, 0.5) is 8.78 Å². The quantitative estimate of drug-likeness (QED) is 0.660. The molecule has 1 aromatic carbocycles. The molecule has 0 aromatic heterocycles. The summed E-state index contributed by atoms with van der Waals surface area (Å²) in [6.07, 6.45) is -0.814. The third kappa shape index (κ3) is 5.38. The molecule has 6 nitrogen and oxygen atoms in total. The summed E-state index contributed by atoms with van der Waals surface area (Å²) in [4.78, 5) is 33.3. The lowest BCUT2D eigenvalue weighted by atomic mass is 10.1. The molecule has 21 heavy (non-hydrogen) atoms. The van der Waals surface area contributed by atoms with Crippen LogP contribution in [0.5, 0.6) is 0 Å². The maximum atomic E-state index is 12.4. The number of carboxylic acids is 2. The zero-order valence-corrected chi connectivity index (χ0v) is 11.3. The van der Waals surface area contributed by atoms with E-state index >= 15 is 0 Å². The molecule has 0 bridgehead atoms. The van der Waals surface area contributed by atoms with Crippen molar-refractivity contribution in [2.24, 2.45) is 0 Å². The Kier molecular flexibility index (Phi) is 6.10. The Morgan fingerprint density at radius 3 is 2.33 bits per heavy atom. The smallest absolute Gasteiger partial charge is 0.326 e. The van der Waals surface area contributed by atoms with Crippen molar-refractivity contribution in [2.75, 3.05) is 0 Å². The molecule has 1 amide bonds. The minimum Gasteiger partial charge on any atom is -0.481 e. The number of aliphatic carboxylic acids is 2. The van der Waals surface area contributed by atoms with Gasteiger partial charge in [-0.15, -0.1) is 0 Å². The highest BCUT2D eigenvalue weighted by Gasteiger charge is 2.25. The number of benzene rings is 1. The average molecular weight is 319 g/mol. The van der Waals surface area contributed by atoms with Crippen LogP contribution in [-0.4, -0.2) is 39.9 Å². The Balaban J connectivity index is 2.92. The molecule has 1 atom stereocenters. The normalized spacial score (nSPS) is 12.0. The largest absolute Gasteiger partial charge is 0.481 e. The van der Waals surface area contributed by atoms with E-state index in [1.807, 2.05) is 5.32 Å². The van der Waals surface area contributed by atoms with E-state index in [-0.39, 0.29) is 22.2 Å². The third-order valence-electron chi connectivity index (χ3n) is 2.33. The van der Waals surface area contributed by atoms with Gasteiger partial charge in [-0.3, -0.25) is 9.59 Å². The highest BCUT2D eigenvalue weighted by atomic mass is 32.2. The van der Waals surface area contributed by atoms with Crippen LogP contribution >= 0.6 is 11.8 Å². The van der Waals surface area contributed by atoms with Gasteiger partial charge in [-0.2, -0.15) is 8.78 Å². The second-order valence-corrected chi connectivity index (χ2v) is 4.87. The van der Waals surface area contributed by atoms with Crippen LogP contribution < -0.4 is 5.32 Å². The predicted molar refractivity (Wildman–Crippen MR) is 69.4 cm³/mol. The molecule has 3 N–H and O–H groups in total. The number of alkyl halides is 2. The lowest BCUT2D eigenvalue weighted by Crippen LogP contribution is -2.42. The van der Waals surface area contributed by atoms with Crippen LogP contribution in [0.25, 0.3) is 0 Å². The zero-order valence-electron chi connectivity index (χ0n) is 10.5. The summed E-state index contributed by atoms with van der Waals surface area (Å²) in [5.41, 5.74) is -0.139. The summed E-state index contributed by atoms with van der Waals surface area (Å²) in [5.74, 6) is -6.59. The molecule has 1 unspecified atom stereocenters. The number of nitrogens with one attached hydrogen (secondary N) is 1. The van der Waals surface area contributed by atoms with E-state index < -0.39 is 36.1 Å². The molecule has 0 radical (unpaired) electrons. The lowest BCUT2D eigenvalue weighted by molar-refractivity contribution is -0.145. The minimum atomic E-state index is -2.74. The lowest BCUT2D eigenvalue weighted by Gasteiger charge is -2.14. The highest BCUT2D eigenvalue weighted by molar-refractivity contribution is 7.99. The van der Waals surface area contributed by atoms with Gasteiger partial charge in [0.1, 0.15) is 6.04 Å². The fraction of sp³-hybridized carbons (Fsp3) is 0.250. The predicted octanol–water partition coefficient (Wildman–Crippen LogP) is 1.66. The first kappa shape index (κ1) is 16.9. The molecule has 0 heterocycles. The molecule has 0 spiro atoms. The Hall–Kier alpha value is -2.16. The van der Waals surface area contributed by atoms with E-state index in [9.17, 15) is 23.2 Å². The summed E-state index contributed by atoms with van der Waals surface area (Å²) >= 11 is 0.145. The first-order chi connectivity index (χ1) is 9.81. The Bertz CT molecular complexity index is 552. The van der Waals surface area contributed by atoms with Crippen molar-refractivity contribution in [3.8, 4) is 0 Å². The summed E-state index contributed by atoms with van der Waals surface area (Å²) < 4.78 is 24.8. The van der Waals surface area contributed by atoms with E-state index in [2.05, 4.69) is 0 Å². The van der Waals surface area contributed by atoms with Gasteiger partial charge in [-0.25, -0.2) is 4.79 Å². The summed E-state index contributed by atoms with van der Waals surface area (Å²) in [6.45, 7) is 0. The number of hydrogen-bond donors (Lipinski definition) is 3. The van der Waals surface area contributed by atoms with Crippen LogP contribution in [0.1, 0.15) is 16.8 Å². The van der Waals surface area contributed by atoms with Crippen LogP contribution in [0.15, 0.2) is 29.2 Å². The van der Waals surface area contributed by atoms with Gasteiger partial charge in [0, 0.05) is 4.90 Å². The number of amides is 1. The van der Waals surface area contributed by atoms with Gasteiger partial charge >= 0.3 is 11.9 Å². The summed E-state index contributed by atoms with van der Waals surface area (Å²) in [7, 11) is 0. The molecule has 0 saturated heterocycles. The number of thioether (sulfide) groups is 1. The van der Waals surface area contributed by atoms with Crippen molar-refractivity contribution in [3.63, 3.8) is 0 Å². The second-order valence-electron chi connectivity index (χ2n) is 3.84. The van der Waals surface area contributed by atoms with Crippen LogP contribution in [-0.2, 0) is 9.59 Å². The van der Waals surface area contributed by atoms with Crippen molar-refractivity contribution in [2.45, 2.75) is 23.1 Å². The minimum absolute atomic E-state index is 0.0236. The van der Waals surface area contributed by atoms with Crippen LogP contribution in [0.2, 0.25) is 0 Å². The number of halogens is 2. The van der Waals surface area contributed by atoms with Crippen LogP contribution in [0, 0.1) is 0 Å². The molecule has 0 aliphatic heterocycles. The number of rotatable bonds is 7. The number of carbonyl (C=O) groups is 3. The number of carboxylic acid groups (broad SMARTS) is 2. The van der Waals surface area contributed by atoms with Crippen molar-refractivity contribution >= 4 is 29.6 Å². The molecule has 1 aromatic rings. The maximum absolute atomic E-state index is 12.4. The zero-order chi connectivity index (χ0) is 16.0. The van der Waals surface area contributed by atoms with E-state index in [0.29, 0.717) is 0 Å². The highest BCUT2D eigenvalue weighted by Crippen LogP contribution is 2.28. The molecule has 0 saturated carbocycles. The van der Waals surface area contributed by atoms with Crippen molar-refractivity contribution < 1.29 is 33.4 Å². The second kappa shape index (κ2) is 7.58. The monoisotopic (exact) mass is 319 g/mol. The van der Waals surface area contributed by atoms with Crippen molar-refractivity contribution in [1.29, 1.82) is 0 Å². The SMILES string of the molecule is O=C(O)CC(NC(=O)c1ccccc1SC(F)F)C(=O)O. The Morgan fingerprint density at radius 2 is 1.81 bits per heavy atom. The number of hydrogen-bond acceptors (Lipinski definition) is 4.